The van der Waals surface area contributed by atoms with E-state index in [1.165, 1.54) is 16.1 Å². The van der Waals surface area contributed by atoms with Gasteiger partial charge in [-0.2, -0.15) is 4.31 Å². The zero-order chi connectivity index (χ0) is 16.6. The van der Waals surface area contributed by atoms with Gasteiger partial charge in [-0.3, -0.25) is 4.79 Å². The first-order valence-electron chi connectivity index (χ1n) is 7.22. The van der Waals surface area contributed by atoms with Gasteiger partial charge in [-0.15, -0.1) is 11.8 Å². The molecule has 23 heavy (non-hydrogen) atoms. The molecule has 3 rings (SSSR count). The van der Waals surface area contributed by atoms with E-state index in [0.29, 0.717) is 33.0 Å². The number of nitrogens with zero attached hydrogens (tertiary/aromatic N) is 1. The van der Waals surface area contributed by atoms with Gasteiger partial charge in [0.15, 0.2) is 0 Å². The van der Waals surface area contributed by atoms with Gasteiger partial charge in [0.2, 0.25) is 15.9 Å². The lowest BCUT2D eigenvalue weighted by Gasteiger charge is -2.23. The number of benzene rings is 1. The van der Waals surface area contributed by atoms with Gasteiger partial charge in [0.25, 0.3) is 0 Å². The molecule has 1 N–H and O–H groups in total. The largest absolute Gasteiger partial charge is 0.354 e. The summed E-state index contributed by atoms with van der Waals surface area (Å²) in [4.78, 5) is 12.5. The second-order valence-electron chi connectivity index (χ2n) is 5.67. The van der Waals surface area contributed by atoms with Crippen LogP contribution in [0.2, 0.25) is 0 Å². The molecule has 126 valence electrons. The van der Waals surface area contributed by atoms with Crippen LogP contribution in [0.15, 0.2) is 32.0 Å². The summed E-state index contributed by atoms with van der Waals surface area (Å²) < 4.78 is 28.4. The molecule has 1 aliphatic carbocycles. The van der Waals surface area contributed by atoms with Crippen molar-refractivity contribution in [2.24, 2.45) is 5.92 Å². The van der Waals surface area contributed by atoms with Gasteiger partial charge in [0.05, 0.1) is 10.8 Å². The van der Waals surface area contributed by atoms with Gasteiger partial charge in [-0.1, -0.05) is 15.9 Å². The number of thioether (sulfide) groups is 1. The van der Waals surface area contributed by atoms with Crippen molar-refractivity contribution < 1.29 is 13.2 Å². The molecule has 1 saturated carbocycles. The van der Waals surface area contributed by atoms with Crippen molar-refractivity contribution in [1.29, 1.82) is 0 Å². The molecule has 0 radical (unpaired) electrons. The molecule has 2 fully saturated rings. The Hall–Kier alpha value is -0.0900. The summed E-state index contributed by atoms with van der Waals surface area (Å²) >= 11 is 8.05. The maximum absolute atomic E-state index is 13.0. The van der Waals surface area contributed by atoms with E-state index in [1.54, 1.807) is 18.2 Å². The minimum Gasteiger partial charge on any atom is -0.354 e. The molecule has 0 aromatic heterocycles. The number of hydrogen-bond acceptors (Lipinski definition) is 4. The Balaban J connectivity index is 1.82. The average molecular weight is 484 g/mol. The molecule has 1 aromatic carbocycles. The highest BCUT2D eigenvalue weighted by Crippen LogP contribution is 2.33. The highest BCUT2D eigenvalue weighted by molar-refractivity contribution is 9.11. The molecule has 0 bridgehead atoms. The first-order chi connectivity index (χ1) is 10.9. The summed E-state index contributed by atoms with van der Waals surface area (Å²) in [7, 11) is -3.73. The van der Waals surface area contributed by atoms with Gasteiger partial charge in [-0.05, 0) is 52.9 Å². The van der Waals surface area contributed by atoms with Crippen LogP contribution in [0.4, 0.5) is 0 Å². The highest BCUT2D eigenvalue weighted by atomic mass is 79.9. The third-order valence-corrected chi connectivity index (χ3v) is 8.40. The molecular formula is C14H16Br2N2O3S2. The van der Waals surface area contributed by atoms with Crippen LogP contribution in [0.25, 0.3) is 0 Å². The molecule has 1 aliphatic heterocycles. The number of nitrogens with one attached hydrogen (secondary N) is 1. The zero-order valence-corrected chi connectivity index (χ0v) is 17.0. The second kappa shape index (κ2) is 7.03. The van der Waals surface area contributed by atoms with Crippen LogP contribution in [0.1, 0.15) is 12.8 Å². The van der Waals surface area contributed by atoms with E-state index in [-0.39, 0.29) is 10.8 Å². The van der Waals surface area contributed by atoms with E-state index in [2.05, 4.69) is 37.2 Å². The number of hydrogen-bond donors (Lipinski definition) is 1. The first-order valence-corrected chi connectivity index (χ1v) is 11.4. The third-order valence-electron chi connectivity index (χ3n) is 3.89. The van der Waals surface area contributed by atoms with Crippen molar-refractivity contribution in [3.63, 3.8) is 0 Å². The fraction of sp³-hybridized carbons (Fsp3) is 0.500. The van der Waals surface area contributed by atoms with E-state index in [0.717, 1.165) is 12.8 Å². The Morgan fingerprint density at radius 3 is 2.78 bits per heavy atom. The Labute approximate surface area is 156 Å². The maximum Gasteiger partial charge on any atom is 0.245 e. The predicted molar refractivity (Wildman–Crippen MR) is 97.7 cm³/mol. The lowest BCUT2D eigenvalue weighted by Crippen LogP contribution is -2.47. The van der Waals surface area contributed by atoms with Crippen molar-refractivity contribution in [3.05, 3.63) is 27.1 Å². The molecule has 2 aliphatic rings. The molecule has 1 saturated heterocycles. The monoisotopic (exact) mass is 482 g/mol. The van der Waals surface area contributed by atoms with Crippen LogP contribution < -0.4 is 5.32 Å². The average Bonchev–Trinajstić information content (AvgIpc) is 3.20. The van der Waals surface area contributed by atoms with Crippen molar-refractivity contribution in [2.45, 2.75) is 23.8 Å². The Bertz CT molecular complexity index is 723. The molecule has 5 nitrogen and oxygen atoms in total. The number of halogens is 2. The molecule has 9 heteroatoms. The van der Waals surface area contributed by atoms with Crippen molar-refractivity contribution in [1.82, 2.24) is 9.62 Å². The molecule has 0 spiro atoms. The summed E-state index contributed by atoms with van der Waals surface area (Å²) in [5, 5.41) is 2.89. The van der Waals surface area contributed by atoms with Crippen molar-refractivity contribution in [3.8, 4) is 0 Å². The van der Waals surface area contributed by atoms with Crippen LogP contribution in [-0.4, -0.2) is 42.8 Å². The summed E-state index contributed by atoms with van der Waals surface area (Å²) in [6.07, 6.45) is 2.29. The summed E-state index contributed by atoms with van der Waals surface area (Å²) in [5.74, 6) is 1.15. The normalized spacial score (nSPS) is 22.3. The minimum atomic E-state index is -3.73. The van der Waals surface area contributed by atoms with E-state index in [9.17, 15) is 13.2 Å². The third kappa shape index (κ3) is 3.95. The molecular weight excluding hydrogens is 468 g/mol. The molecule has 1 unspecified atom stereocenters. The molecule has 1 heterocycles. The number of carbonyl (C=O) groups is 1. The maximum atomic E-state index is 13.0. The van der Waals surface area contributed by atoms with E-state index in [1.807, 2.05) is 0 Å². The highest BCUT2D eigenvalue weighted by Gasteiger charge is 2.41. The summed E-state index contributed by atoms with van der Waals surface area (Å²) in [5.41, 5.74) is 0. The predicted octanol–water partition coefficient (Wildman–Crippen LogP) is 2.80. The van der Waals surface area contributed by atoms with Crippen molar-refractivity contribution in [2.75, 3.05) is 18.2 Å². The Morgan fingerprint density at radius 1 is 1.35 bits per heavy atom. The van der Waals surface area contributed by atoms with Crippen LogP contribution in [0.5, 0.6) is 0 Å². The zero-order valence-electron chi connectivity index (χ0n) is 12.2. The SMILES string of the molecule is O=C(NCC1CC1)C1CSCN1S(=O)(=O)c1cc(Br)ccc1Br. The second-order valence-corrected chi connectivity index (χ2v) is 10.3. The minimum absolute atomic E-state index is 0.175. The fourth-order valence-electron chi connectivity index (χ4n) is 2.36. The lowest BCUT2D eigenvalue weighted by atomic mass is 10.3. The van der Waals surface area contributed by atoms with Gasteiger partial charge >= 0.3 is 0 Å². The van der Waals surface area contributed by atoms with E-state index >= 15 is 0 Å². The first kappa shape index (κ1) is 17.7. The van der Waals surface area contributed by atoms with E-state index in [4.69, 9.17) is 0 Å². The number of carbonyl (C=O) groups excluding carboxylic acids is 1. The van der Waals surface area contributed by atoms with Gasteiger partial charge < -0.3 is 5.32 Å². The smallest absolute Gasteiger partial charge is 0.245 e. The quantitative estimate of drug-likeness (QED) is 0.699. The summed E-state index contributed by atoms with van der Waals surface area (Å²) in [6, 6.07) is 4.36. The van der Waals surface area contributed by atoms with Gasteiger partial charge in [-0.25, -0.2) is 8.42 Å². The standard InChI is InChI=1S/C14H16Br2N2O3S2/c15-10-3-4-11(16)13(5-10)23(20,21)18-8-22-7-12(18)14(19)17-6-9-1-2-9/h3-5,9,12H,1-2,6-8H2,(H,17,19). The molecule has 1 amide bonds. The number of rotatable bonds is 5. The molecule has 1 aromatic rings. The number of amides is 1. The Morgan fingerprint density at radius 2 is 2.09 bits per heavy atom. The van der Waals surface area contributed by atoms with Crippen LogP contribution in [-0.2, 0) is 14.8 Å². The topological polar surface area (TPSA) is 66.5 Å². The number of sulfonamides is 1. The van der Waals surface area contributed by atoms with Gasteiger partial charge in [0, 0.05) is 21.2 Å². The van der Waals surface area contributed by atoms with Crippen LogP contribution in [0, 0.1) is 5.92 Å². The summed E-state index contributed by atoms with van der Waals surface area (Å²) in [6.45, 7) is 0.647. The van der Waals surface area contributed by atoms with Gasteiger partial charge in [0.1, 0.15) is 6.04 Å². The molecule has 1 atom stereocenters. The van der Waals surface area contributed by atoms with Crippen molar-refractivity contribution >= 4 is 59.6 Å². The van der Waals surface area contributed by atoms with Crippen LogP contribution >= 0.6 is 43.6 Å². The Kier molecular flexibility index (Phi) is 5.42. The van der Waals surface area contributed by atoms with Crippen LogP contribution in [0.3, 0.4) is 0 Å². The van der Waals surface area contributed by atoms with E-state index < -0.39 is 16.1 Å². The fourth-order valence-corrected chi connectivity index (χ4v) is 6.97. The lowest BCUT2D eigenvalue weighted by molar-refractivity contribution is -0.123.